The molecule has 1 atom stereocenters. The Labute approximate surface area is 138 Å². The number of carbonyl (C=O) groups excluding carboxylic acids is 1. The minimum Gasteiger partial charge on any atom is -0.298 e. The van der Waals surface area contributed by atoms with Gasteiger partial charge in [0.05, 0.1) is 17.9 Å². The van der Waals surface area contributed by atoms with Crippen LogP contribution in [0.4, 0.5) is 0 Å². The van der Waals surface area contributed by atoms with Gasteiger partial charge in [0, 0.05) is 21.6 Å². The molecule has 0 aliphatic heterocycles. The van der Waals surface area contributed by atoms with E-state index < -0.39 is 0 Å². The summed E-state index contributed by atoms with van der Waals surface area (Å²) in [6.07, 6.45) is 3.40. The van der Waals surface area contributed by atoms with Crippen molar-refractivity contribution < 1.29 is 4.79 Å². The fraction of sp³-hybridized carbons (Fsp3) is 0.375. The molecule has 5 heteroatoms. The Hall–Kier alpha value is -1.07. The Bertz CT molecular complexity index is 595. The van der Waals surface area contributed by atoms with Crippen LogP contribution in [0.5, 0.6) is 0 Å². The second-order valence-electron chi connectivity index (χ2n) is 5.00. The molecule has 0 aliphatic rings. The third-order valence-corrected chi connectivity index (χ3v) is 4.90. The van der Waals surface area contributed by atoms with Crippen LogP contribution >= 0.6 is 27.7 Å². The van der Waals surface area contributed by atoms with Gasteiger partial charge in [-0.05, 0) is 43.7 Å². The summed E-state index contributed by atoms with van der Waals surface area (Å²) in [6.45, 7) is 4.26. The number of benzene rings is 1. The molecule has 112 valence electrons. The number of ketones is 1. The summed E-state index contributed by atoms with van der Waals surface area (Å²) >= 11 is 4.97. The van der Waals surface area contributed by atoms with E-state index in [0.29, 0.717) is 18.2 Å². The van der Waals surface area contributed by atoms with E-state index in [9.17, 15) is 4.79 Å². The van der Waals surface area contributed by atoms with E-state index in [0.717, 1.165) is 21.5 Å². The van der Waals surface area contributed by atoms with Crippen LogP contribution in [0.25, 0.3) is 0 Å². The predicted molar refractivity (Wildman–Crippen MR) is 90.8 cm³/mol. The molecule has 1 aromatic carbocycles. The van der Waals surface area contributed by atoms with Gasteiger partial charge >= 0.3 is 0 Å². The second kappa shape index (κ2) is 7.80. The van der Waals surface area contributed by atoms with E-state index >= 15 is 0 Å². The van der Waals surface area contributed by atoms with Crippen LogP contribution in [0, 0.1) is 0 Å². The van der Waals surface area contributed by atoms with E-state index in [2.05, 4.69) is 34.9 Å². The summed E-state index contributed by atoms with van der Waals surface area (Å²) in [5.74, 6) is 0.690. The number of hydrogen-bond donors (Lipinski definition) is 0. The van der Waals surface area contributed by atoms with Gasteiger partial charge in [-0.25, -0.2) is 0 Å². The van der Waals surface area contributed by atoms with Gasteiger partial charge in [-0.15, -0.1) is 11.8 Å². The highest BCUT2D eigenvalue weighted by Gasteiger charge is 2.09. The molecule has 0 saturated carbocycles. The first-order valence-corrected chi connectivity index (χ1v) is 8.80. The van der Waals surface area contributed by atoms with Gasteiger partial charge in [0.25, 0.3) is 0 Å². The SMILES string of the molecule is CCC(C)n1ccc(CC(=O)CSc2ccc(Br)cc2)n1. The fourth-order valence-electron chi connectivity index (χ4n) is 1.85. The topological polar surface area (TPSA) is 34.9 Å². The Morgan fingerprint density at radius 1 is 1.33 bits per heavy atom. The average molecular weight is 367 g/mol. The lowest BCUT2D eigenvalue weighted by Crippen LogP contribution is -2.09. The summed E-state index contributed by atoms with van der Waals surface area (Å²) in [5.41, 5.74) is 0.858. The van der Waals surface area contributed by atoms with Crippen LogP contribution in [-0.2, 0) is 11.2 Å². The number of aromatic nitrogens is 2. The maximum absolute atomic E-state index is 12.0. The van der Waals surface area contributed by atoms with Crippen molar-refractivity contribution in [2.45, 2.75) is 37.6 Å². The van der Waals surface area contributed by atoms with Crippen LogP contribution in [0.3, 0.4) is 0 Å². The maximum atomic E-state index is 12.0. The molecule has 2 rings (SSSR count). The monoisotopic (exact) mass is 366 g/mol. The number of hydrogen-bond acceptors (Lipinski definition) is 3. The number of carbonyl (C=O) groups is 1. The first kappa shape index (κ1) is 16.3. The summed E-state index contributed by atoms with van der Waals surface area (Å²) in [4.78, 5) is 13.1. The van der Waals surface area contributed by atoms with Crippen LogP contribution in [0.2, 0.25) is 0 Å². The third-order valence-electron chi connectivity index (χ3n) is 3.30. The first-order chi connectivity index (χ1) is 10.1. The standard InChI is InChI=1S/C16H19BrN2OS/c1-3-12(2)19-9-8-14(18-19)10-15(20)11-21-16-6-4-13(17)5-7-16/h4-9,12H,3,10-11H2,1-2H3. The second-order valence-corrected chi connectivity index (χ2v) is 6.97. The molecule has 0 saturated heterocycles. The van der Waals surface area contributed by atoms with Crippen molar-refractivity contribution in [3.05, 3.63) is 46.7 Å². The molecule has 0 fully saturated rings. The van der Waals surface area contributed by atoms with Crippen molar-refractivity contribution in [2.75, 3.05) is 5.75 Å². The molecule has 1 unspecified atom stereocenters. The molecule has 0 aliphatic carbocycles. The quantitative estimate of drug-likeness (QED) is 0.675. The Morgan fingerprint density at radius 3 is 2.71 bits per heavy atom. The first-order valence-electron chi connectivity index (χ1n) is 7.02. The van der Waals surface area contributed by atoms with Crippen LogP contribution in [0.15, 0.2) is 45.9 Å². The van der Waals surface area contributed by atoms with Gasteiger partial charge in [-0.1, -0.05) is 22.9 Å². The van der Waals surface area contributed by atoms with Crippen LogP contribution in [0.1, 0.15) is 32.0 Å². The van der Waals surface area contributed by atoms with Gasteiger partial charge in [0.1, 0.15) is 5.78 Å². The molecule has 0 amide bonds. The zero-order chi connectivity index (χ0) is 15.2. The molecule has 1 heterocycles. The molecule has 1 aromatic heterocycles. The summed E-state index contributed by atoms with van der Waals surface area (Å²) in [5, 5.41) is 4.47. The third kappa shape index (κ3) is 5.00. The number of rotatable bonds is 7. The molecular weight excluding hydrogens is 348 g/mol. The van der Waals surface area contributed by atoms with Crippen LogP contribution < -0.4 is 0 Å². The Morgan fingerprint density at radius 2 is 2.05 bits per heavy atom. The van der Waals surface area contributed by atoms with E-state index in [1.165, 1.54) is 0 Å². The van der Waals surface area contributed by atoms with Crippen molar-refractivity contribution in [1.82, 2.24) is 9.78 Å². The highest BCUT2D eigenvalue weighted by atomic mass is 79.9. The van der Waals surface area contributed by atoms with Crippen LogP contribution in [-0.4, -0.2) is 21.3 Å². The lowest BCUT2D eigenvalue weighted by Gasteiger charge is -2.08. The maximum Gasteiger partial charge on any atom is 0.149 e. The number of Topliss-reactive ketones (excluding diaryl/α,β-unsaturated/α-hetero) is 1. The minimum atomic E-state index is 0.206. The van der Waals surface area contributed by atoms with E-state index in [1.54, 1.807) is 11.8 Å². The number of nitrogens with zero attached hydrogens (tertiary/aromatic N) is 2. The van der Waals surface area contributed by atoms with E-state index in [-0.39, 0.29) is 5.78 Å². The van der Waals surface area contributed by atoms with Crippen molar-refractivity contribution in [2.24, 2.45) is 0 Å². The molecule has 0 N–H and O–H groups in total. The summed E-state index contributed by atoms with van der Waals surface area (Å²) in [7, 11) is 0. The highest BCUT2D eigenvalue weighted by Crippen LogP contribution is 2.21. The lowest BCUT2D eigenvalue weighted by molar-refractivity contribution is -0.116. The lowest BCUT2D eigenvalue weighted by atomic mass is 10.2. The molecule has 0 bridgehead atoms. The van der Waals surface area contributed by atoms with E-state index in [1.807, 2.05) is 41.2 Å². The summed E-state index contributed by atoms with van der Waals surface area (Å²) < 4.78 is 2.98. The molecule has 0 spiro atoms. The molecule has 0 radical (unpaired) electrons. The van der Waals surface area contributed by atoms with Crippen molar-refractivity contribution in [1.29, 1.82) is 0 Å². The minimum absolute atomic E-state index is 0.206. The fourth-order valence-corrected chi connectivity index (χ4v) is 2.87. The predicted octanol–water partition coefficient (Wildman–Crippen LogP) is 4.52. The summed E-state index contributed by atoms with van der Waals surface area (Å²) in [6, 6.07) is 10.3. The zero-order valence-corrected chi connectivity index (χ0v) is 14.7. The van der Waals surface area contributed by atoms with Gasteiger partial charge in [0.15, 0.2) is 0 Å². The van der Waals surface area contributed by atoms with Gasteiger partial charge in [-0.3, -0.25) is 9.48 Å². The van der Waals surface area contributed by atoms with Crippen molar-refractivity contribution in [3.8, 4) is 0 Å². The number of thioether (sulfide) groups is 1. The smallest absolute Gasteiger partial charge is 0.149 e. The molecule has 2 aromatic rings. The molecule has 21 heavy (non-hydrogen) atoms. The Balaban J connectivity index is 1.84. The zero-order valence-electron chi connectivity index (χ0n) is 12.3. The normalized spacial score (nSPS) is 12.3. The van der Waals surface area contributed by atoms with Crippen molar-refractivity contribution in [3.63, 3.8) is 0 Å². The Kier molecular flexibility index (Phi) is 6.06. The number of halogens is 1. The van der Waals surface area contributed by atoms with Gasteiger partial charge < -0.3 is 0 Å². The van der Waals surface area contributed by atoms with Gasteiger partial charge in [-0.2, -0.15) is 5.10 Å². The van der Waals surface area contributed by atoms with Crippen molar-refractivity contribution >= 4 is 33.5 Å². The largest absolute Gasteiger partial charge is 0.298 e. The average Bonchev–Trinajstić information content (AvgIpc) is 2.94. The highest BCUT2D eigenvalue weighted by molar-refractivity contribution is 9.10. The van der Waals surface area contributed by atoms with Gasteiger partial charge in [0.2, 0.25) is 0 Å². The van der Waals surface area contributed by atoms with E-state index in [4.69, 9.17) is 0 Å². The molecule has 3 nitrogen and oxygen atoms in total. The molecular formula is C16H19BrN2OS.